The second-order valence-corrected chi connectivity index (χ2v) is 9.15. The number of hydrogen-bond acceptors (Lipinski definition) is 6. The van der Waals surface area contributed by atoms with Gasteiger partial charge in [0.25, 0.3) is 0 Å². The minimum Gasteiger partial charge on any atom is -0.465 e. The summed E-state index contributed by atoms with van der Waals surface area (Å²) in [4.78, 5) is 18.3. The molecule has 0 radical (unpaired) electrons. The molecule has 0 aliphatic carbocycles. The van der Waals surface area contributed by atoms with Crippen LogP contribution in [0.1, 0.15) is 61.2 Å². The number of ether oxygens (including phenoxy) is 1. The van der Waals surface area contributed by atoms with E-state index in [2.05, 4.69) is 43.9 Å². The van der Waals surface area contributed by atoms with Crippen LogP contribution in [0.3, 0.4) is 0 Å². The number of anilines is 1. The van der Waals surface area contributed by atoms with E-state index in [0.717, 1.165) is 30.6 Å². The van der Waals surface area contributed by atoms with E-state index in [9.17, 15) is 9.90 Å². The Balaban J connectivity index is 1.61. The van der Waals surface area contributed by atoms with Gasteiger partial charge in [-0.25, -0.2) is 9.78 Å². The predicted octanol–water partition coefficient (Wildman–Crippen LogP) is 2.74. The number of aromatic nitrogens is 1. The van der Waals surface area contributed by atoms with E-state index >= 15 is 0 Å². The molecule has 3 atom stereocenters. The van der Waals surface area contributed by atoms with Crippen LogP contribution < -0.4 is 5.32 Å². The molecule has 1 aromatic carbocycles. The van der Waals surface area contributed by atoms with E-state index in [1.807, 2.05) is 24.3 Å². The summed E-state index contributed by atoms with van der Waals surface area (Å²) in [5, 5.41) is 14.3. The zero-order valence-corrected chi connectivity index (χ0v) is 18.6. The molecule has 3 rings (SSSR count). The largest absolute Gasteiger partial charge is 0.465 e. The number of methoxy groups -OCH3 is 1. The molecule has 0 amide bonds. The van der Waals surface area contributed by atoms with Gasteiger partial charge in [0.1, 0.15) is 5.82 Å². The van der Waals surface area contributed by atoms with E-state index in [1.54, 1.807) is 18.3 Å². The van der Waals surface area contributed by atoms with Gasteiger partial charge in [-0.3, -0.25) is 0 Å². The third-order valence-electron chi connectivity index (χ3n) is 5.74. The molecule has 2 heterocycles. The Morgan fingerprint density at radius 2 is 1.97 bits per heavy atom. The maximum Gasteiger partial charge on any atom is 0.337 e. The van der Waals surface area contributed by atoms with Crippen molar-refractivity contribution in [1.29, 1.82) is 0 Å². The molecule has 1 unspecified atom stereocenters. The highest BCUT2D eigenvalue weighted by atomic mass is 16.5. The van der Waals surface area contributed by atoms with E-state index in [0.29, 0.717) is 11.6 Å². The Bertz CT molecular complexity index is 849. The molecule has 0 saturated carbocycles. The van der Waals surface area contributed by atoms with Crippen LogP contribution in [0.25, 0.3) is 0 Å². The Labute approximate surface area is 180 Å². The normalized spacial score (nSPS) is 20.7. The van der Waals surface area contributed by atoms with Gasteiger partial charge >= 0.3 is 5.97 Å². The van der Waals surface area contributed by atoms with Crippen LogP contribution in [0.2, 0.25) is 0 Å². The SMILES string of the molecule is BN1[C@H](Cc2ccc(C(=O)OC)cc2)CC[C@@H]1C(O)c1ccc(NC(C)(C)C)nc1. The highest BCUT2D eigenvalue weighted by Crippen LogP contribution is 2.33. The predicted molar refractivity (Wildman–Crippen MR) is 121 cm³/mol. The van der Waals surface area contributed by atoms with Gasteiger partial charge in [-0.2, -0.15) is 0 Å². The van der Waals surface area contributed by atoms with Gasteiger partial charge in [-0.05, 0) is 63.8 Å². The number of nitrogens with one attached hydrogen (secondary N) is 1. The summed E-state index contributed by atoms with van der Waals surface area (Å²) in [6, 6.07) is 11.9. The van der Waals surface area contributed by atoms with Crippen molar-refractivity contribution in [3.8, 4) is 0 Å². The van der Waals surface area contributed by atoms with E-state index < -0.39 is 6.10 Å². The molecule has 7 heteroatoms. The molecule has 2 N–H and O–H groups in total. The van der Waals surface area contributed by atoms with Crippen molar-refractivity contribution >= 4 is 19.8 Å². The van der Waals surface area contributed by atoms with Crippen LogP contribution in [0, 0.1) is 0 Å². The van der Waals surface area contributed by atoms with Crippen LogP contribution in [0.5, 0.6) is 0 Å². The Morgan fingerprint density at radius 3 is 2.53 bits per heavy atom. The smallest absolute Gasteiger partial charge is 0.337 e. The van der Waals surface area contributed by atoms with Crippen LogP contribution in [0.15, 0.2) is 42.6 Å². The van der Waals surface area contributed by atoms with Gasteiger partial charge in [-0.15, -0.1) is 0 Å². The second kappa shape index (κ2) is 9.19. The molecule has 0 bridgehead atoms. The number of carbonyl (C=O) groups excluding carboxylic acids is 1. The topological polar surface area (TPSA) is 74.7 Å². The minimum atomic E-state index is -0.571. The molecule has 1 fully saturated rings. The average molecular weight is 409 g/mol. The Kier molecular flexibility index (Phi) is 6.83. The molecular weight excluding hydrogens is 377 g/mol. The fourth-order valence-electron chi connectivity index (χ4n) is 4.10. The zero-order valence-electron chi connectivity index (χ0n) is 18.6. The van der Waals surface area contributed by atoms with Crippen molar-refractivity contribution < 1.29 is 14.6 Å². The summed E-state index contributed by atoms with van der Waals surface area (Å²) in [7, 11) is 3.47. The fraction of sp³-hybridized carbons (Fsp3) is 0.478. The number of aliphatic hydroxyl groups is 1. The molecule has 1 aliphatic rings. The quantitative estimate of drug-likeness (QED) is 0.565. The van der Waals surface area contributed by atoms with Crippen molar-refractivity contribution in [1.82, 2.24) is 9.79 Å². The number of esters is 1. The first-order valence-corrected chi connectivity index (χ1v) is 10.5. The summed E-state index contributed by atoms with van der Waals surface area (Å²) in [5.74, 6) is 0.492. The third-order valence-corrected chi connectivity index (χ3v) is 5.74. The number of benzene rings is 1. The molecule has 1 saturated heterocycles. The first kappa shape index (κ1) is 22.3. The Morgan fingerprint density at radius 1 is 1.27 bits per heavy atom. The lowest BCUT2D eigenvalue weighted by molar-refractivity contribution is 0.0600. The monoisotopic (exact) mass is 409 g/mol. The number of hydrogen-bond donors (Lipinski definition) is 2. The van der Waals surface area contributed by atoms with Crippen molar-refractivity contribution in [3.05, 3.63) is 59.3 Å². The maximum atomic E-state index is 11.6. The van der Waals surface area contributed by atoms with Crippen LogP contribution in [-0.4, -0.2) is 53.6 Å². The highest BCUT2D eigenvalue weighted by Gasteiger charge is 2.35. The molecule has 0 spiro atoms. The van der Waals surface area contributed by atoms with Crippen LogP contribution in [0.4, 0.5) is 5.82 Å². The second-order valence-electron chi connectivity index (χ2n) is 9.15. The maximum absolute atomic E-state index is 11.6. The molecule has 30 heavy (non-hydrogen) atoms. The summed E-state index contributed by atoms with van der Waals surface area (Å²) < 4.78 is 4.76. The van der Waals surface area contributed by atoms with Gasteiger partial charge in [0.15, 0.2) is 7.98 Å². The van der Waals surface area contributed by atoms with E-state index in [4.69, 9.17) is 4.74 Å². The highest BCUT2D eigenvalue weighted by molar-refractivity contribution is 6.05. The fourth-order valence-corrected chi connectivity index (χ4v) is 4.10. The van der Waals surface area contributed by atoms with Gasteiger partial charge in [0.05, 0.1) is 18.8 Å². The molecule has 160 valence electrons. The number of nitrogens with zero attached hydrogens (tertiary/aromatic N) is 2. The van der Waals surface area contributed by atoms with Crippen LogP contribution in [-0.2, 0) is 11.2 Å². The summed E-state index contributed by atoms with van der Waals surface area (Å²) in [5.41, 5.74) is 2.52. The van der Waals surface area contributed by atoms with Crippen LogP contribution >= 0.6 is 0 Å². The minimum absolute atomic E-state index is 0.0545. The third kappa shape index (κ3) is 5.40. The average Bonchev–Trinajstić information content (AvgIpc) is 3.07. The number of aliphatic hydroxyl groups excluding tert-OH is 1. The van der Waals surface area contributed by atoms with Crippen molar-refractivity contribution in [2.75, 3.05) is 12.4 Å². The molecule has 2 aromatic rings. The molecule has 1 aliphatic heterocycles. The lowest BCUT2D eigenvalue weighted by Gasteiger charge is -2.30. The number of rotatable bonds is 6. The lowest BCUT2D eigenvalue weighted by atomic mass is 10.00. The van der Waals surface area contributed by atoms with Gasteiger partial charge in [0.2, 0.25) is 0 Å². The summed E-state index contributed by atoms with van der Waals surface area (Å²) in [6.45, 7) is 6.27. The van der Waals surface area contributed by atoms with Crippen molar-refractivity contribution in [2.45, 2.75) is 63.8 Å². The summed E-state index contributed by atoms with van der Waals surface area (Å²) >= 11 is 0. The van der Waals surface area contributed by atoms with E-state index in [1.165, 1.54) is 12.7 Å². The van der Waals surface area contributed by atoms with Gasteiger partial charge in [-0.1, -0.05) is 18.2 Å². The van der Waals surface area contributed by atoms with Crippen molar-refractivity contribution in [2.24, 2.45) is 0 Å². The first-order valence-electron chi connectivity index (χ1n) is 10.5. The van der Waals surface area contributed by atoms with E-state index in [-0.39, 0.29) is 17.6 Å². The number of pyridine rings is 1. The molecule has 1 aromatic heterocycles. The standard InChI is InChI=1S/C23H32BN3O3/c1-23(2,3)26-20-12-9-17(14-25-20)21(28)19-11-10-18(27(19)24)13-15-5-7-16(8-6-15)22(29)30-4/h5-9,12,14,18-19,21,28H,10-11,13,24H2,1-4H3,(H,25,26)/t18-,19+,21?/m0/s1. The van der Waals surface area contributed by atoms with Gasteiger partial charge in [0, 0.05) is 29.4 Å². The van der Waals surface area contributed by atoms with Gasteiger partial charge < -0.3 is 20.0 Å². The lowest BCUT2D eigenvalue weighted by Crippen LogP contribution is -2.38. The first-order chi connectivity index (χ1) is 14.2. The molecule has 6 nitrogen and oxygen atoms in total. The Hall–Kier alpha value is -2.38. The van der Waals surface area contributed by atoms with Crippen molar-refractivity contribution in [3.63, 3.8) is 0 Å². The molecular formula is C23H32BN3O3. The zero-order chi connectivity index (χ0) is 21.9. The number of carbonyl (C=O) groups is 1. The summed E-state index contributed by atoms with van der Waals surface area (Å²) in [6.07, 6.45) is 4.04.